The van der Waals surface area contributed by atoms with Gasteiger partial charge in [0.15, 0.2) is 7.28 Å². The third kappa shape index (κ3) is 4.25. The second kappa shape index (κ2) is 8.21. The molecule has 1 fully saturated rings. The van der Waals surface area contributed by atoms with E-state index in [9.17, 15) is 9.18 Å². The minimum Gasteiger partial charge on any atom is -0.384 e. The summed E-state index contributed by atoms with van der Waals surface area (Å²) in [6.45, 7) is 5.76. The van der Waals surface area contributed by atoms with Gasteiger partial charge in [0, 0.05) is 43.7 Å². The molecule has 2 aromatic carbocycles. The molecule has 2 heterocycles. The highest BCUT2D eigenvalue weighted by molar-refractivity contribution is 6.52. The summed E-state index contributed by atoms with van der Waals surface area (Å²) in [6, 6.07) is 14.1. The molecule has 0 atom stereocenters. The van der Waals surface area contributed by atoms with E-state index < -0.39 is 0 Å². The van der Waals surface area contributed by atoms with E-state index in [2.05, 4.69) is 34.9 Å². The Bertz CT molecular complexity index is 1030. The molecule has 0 spiro atoms. The van der Waals surface area contributed by atoms with Gasteiger partial charge in [-0.3, -0.25) is 9.69 Å². The van der Waals surface area contributed by atoms with Crippen LogP contribution in [-0.4, -0.2) is 54.1 Å². The van der Waals surface area contributed by atoms with Gasteiger partial charge in [-0.25, -0.2) is 9.37 Å². The summed E-state index contributed by atoms with van der Waals surface area (Å²) in [7, 11) is 0.964. The van der Waals surface area contributed by atoms with Gasteiger partial charge in [-0.1, -0.05) is 24.4 Å². The Morgan fingerprint density at radius 2 is 1.83 bits per heavy atom. The molecule has 0 unspecified atom stereocenters. The molecule has 1 amide bonds. The summed E-state index contributed by atoms with van der Waals surface area (Å²) in [5.74, 6) is 0.155. The van der Waals surface area contributed by atoms with Gasteiger partial charge in [0.1, 0.15) is 11.6 Å². The molecule has 1 aliphatic rings. The number of piperazine rings is 1. The highest BCUT2D eigenvalue weighted by atomic mass is 19.1. The number of nitrogens with zero attached hydrogens (tertiary/aromatic N) is 3. The Hall–Kier alpha value is -2.93. The van der Waals surface area contributed by atoms with Crippen molar-refractivity contribution in [3.05, 3.63) is 65.5 Å². The van der Waals surface area contributed by atoms with E-state index in [1.54, 1.807) is 12.1 Å². The number of rotatable bonds is 4. The topological polar surface area (TPSA) is 62.5 Å². The number of carbonyl (C=O) groups is 1. The van der Waals surface area contributed by atoms with Gasteiger partial charge in [0.25, 0.3) is 5.91 Å². The molecule has 1 aliphatic heterocycles. The molecule has 3 aromatic rings. The van der Waals surface area contributed by atoms with Crippen LogP contribution in [0.5, 0.6) is 0 Å². The zero-order valence-electron chi connectivity index (χ0n) is 16.6. The quantitative estimate of drug-likeness (QED) is 0.693. The van der Waals surface area contributed by atoms with Crippen LogP contribution in [0.15, 0.2) is 48.5 Å². The van der Waals surface area contributed by atoms with Crippen molar-refractivity contribution in [3.8, 4) is 0 Å². The molecule has 1 saturated heterocycles. The minimum atomic E-state index is -0.332. The van der Waals surface area contributed by atoms with Crippen molar-refractivity contribution in [1.82, 2.24) is 14.8 Å². The van der Waals surface area contributed by atoms with Crippen molar-refractivity contribution in [2.24, 2.45) is 0 Å². The Morgan fingerprint density at radius 3 is 2.52 bits per heavy atom. The summed E-state index contributed by atoms with van der Waals surface area (Å²) in [5, 5.41) is 1.13. The SMILES string of the molecule is CBc1ccc2c(CN3CCN(C(=O)c4ccc(F)cc4)CC3)cc(N)nc2c1. The van der Waals surface area contributed by atoms with Crippen molar-refractivity contribution in [2.45, 2.75) is 13.4 Å². The van der Waals surface area contributed by atoms with Crippen LogP contribution in [0, 0.1) is 5.82 Å². The second-order valence-corrected chi connectivity index (χ2v) is 7.49. The number of pyridine rings is 1. The number of benzene rings is 2. The lowest BCUT2D eigenvalue weighted by atomic mass is 9.73. The lowest BCUT2D eigenvalue weighted by Crippen LogP contribution is -2.48. The molecule has 5 nitrogen and oxygen atoms in total. The van der Waals surface area contributed by atoms with Crippen LogP contribution in [0.3, 0.4) is 0 Å². The van der Waals surface area contributed by atoms with Gasteiger partial charge >= 0.3 is 0 Å². The van der Waals surface area contributed by atoms with Crippen LogP contribution in [-0.2, 0) is 6.54 Å². The number of hydrogen-bond donors (Lipinski definition) is 1. The Balaban J connectivity index is 1.44. The number of halogens is 1. The number of anilines is 1. The zero-order valence-corrected chi connectivity index (χ0v) is 16.6. The Labute approximate surface area is 170 Å². The van der Waals surface area contributed by atoms with E-state index in [0.717, 1.165) is 43.4 Å². The van der Waals surface area contributed by atoms with Crippen molar-refractivity contribution < 1.29 is 9.18 Å². The van der Waals surface area contributed by atoms with Gasteiger partial charge in [-0.05, 0) is 42.0 Å². The van der Waals surface area contributed by atoms with Crippen LogP contribution in [0.1, 0.15) is 15.9 Å². The van der Waals surface area contributed by atoms with Crippen LogP contribution >= 0.6 is 0 Å². The number of nitrogen functional groups attached to an aromatic ring is 1. The van der Waals surface area contributed by atoms with Crippen molar-refractivity contribution in [3.63, 3.8) is 0 Å². The van der Waals surface area contributed by atoms with Crippen molar-refractivity contribution in [1.29, 1.82) is 0 Å². The zero-order chi connectivity index (χ0) is 20.4. The molecular formula is C22H24BFN4O. The third-order valence-electron chi connectivity index (χ3n) is 5.53. The minimum absolute atomic E-state index is 0.0460. The number of amides is 1. The number of fused-ring (bicyclic) bond motifs is 1. The van der Waals surface area contributed by atoms with Gasteiger partial charge in [-0.2, -0.15) is 0 Å². The van der Waals surface area contributed by atoms with Gasteiger partial charge in [0.05, 0.1) is 5.52 Å². The average Bonchev–Trinajstić information content (AvgIpc) is 2.73. The van der Waals surface area contributed by atoms with Crippen molar-refractivity contribution >= 4 is 35.4 Å². The fraction of sp³-hybridized carbons (Fsp3) is 0.273. The first-order valence-corrected chi connectivity index (χ1v) is 9.98. The summed E-state index contributed by atoms with van der Waals surface area (Å²) in [6.07, 6.45) is 0. The summed E-state index contributed by atoms with van der Waals surface area (Å²) < 4.78 is 13.1. The van der Waals surface area contributed by atoms with Crippen molar-refractivity contribution in [2.75, 3.05) is 31.9 Å². The maximum absolute atomic E-state index is 13.1. The second-order valence-electron chi connectivity index (χ2n) is 7.49. The van der Waals surface area contributed by atoms with E-state index in [4.69, 9.17) is 5.73 Å². The lowest BCUT2D eigenvalue weighted by Gasteiger charge is -2.35. The van der Waals surface area contributed by atoms with E-state index in [-0.39, 0.29) is 11.7 Å². The maximum Gasteiger partial charge on any atom is 0.253 e. The standard InChI is InChI=1S/C22H24BFN4O/c1-23-17-4-7-19-16(12-21(25)26-20(19)13-17)14-27-8-10-28(11-9-27)22(29)15-2-5-18(24)6-3-15/h2-7,12-13,23H,8-11,14H2,1H3,(H2,25,26). The number of hydrogen-bond acceptors (Lipinski definition) is 4. The number of nitrogens with two attached hydrogens (primary N) is 1. The predicted octanol–water partition coefficient (Wildman–Crippen LogP) is 2.02. The molecule has 7 heteroatoms. The third-order valence-corrected chi connectivity index (χ3v) is 5.53. The highest BCUT2D eigenvalue weighted by Crippen LogP contribution is 2.21. The van der Waals surface area contributed by atoms with Crippen LogP contribution in [0.2, 0.25) is 6.82 Å². The molecule has 1 aromatic heterocycles. The average molecular weight is 390 g/mol. The molecule has 148 valence electrons. The molecule has 4 rings (SSSR count). The molecule has 2 N–H and O–H groups in total. The van der Waals surface area contributed by atoms with E-state index in [1.165, 1.54) is 17.6 Å². The normalized spacial score (nSPS) is 14.9. The fourth-order valence-corrected chi connectivity index (χ4v) is 3.84. The molecule has 0 aliphatic carbocycles. The van der Waals surface area contributed by atoms with E-state index >= 15 is 0 Å². The van der Waals surface area contributed by atoms with Crippen LogP contribution in [0.4, 0.5) is 10.2 Å². The highest BCUT2D eigenvalue weighted by Gasteiger charge is 2.22. The van der Waals surface area contributed by atoms with Gasteiger partial charge in [0.2, 0.25) is 0 Å². The molecule has 0 saturated carbocycles. The van der Waals surface area contributed by atoms with E-state index in [1.807, 2.05) is 11.0 Å². The monoisotopic (exact) mass is 390 g/mol. The summed E-state index contributed by atoms with van der Waals surface area (Å²) in [4.78, 5) is 21.3. The van der Waals surface area contributed by atoms with Gasteiger partial charge < -0.3 is 10.6 Å². The molecular weight excluding hydrogens is 366 g/mol. The summed E-state index contributed by atoms with van der Waals surface area (Å²) >= 11 is 0. The Morgan fingerprint density at radius 1 is 1.10 bits per heavy atom. The summed E-state index contributed by atoms with van der Waals surface area (Å²) in [5.41, 5.74) is 9.92. The fourth-order valence-electron chi connectivity index (χ4n) is 3.84. The van der Waals surface area contributed by atoms with Crippen LogP contribution < -0.4 is 11.2 Å². The smallest absolute Gasteiger partial charge is 0.253 e. The van der Waals surface area contributed by atoms with E-state index in [0.29, 0.717) is 24.5 Å². The first-order chi connectivity index (χ1) is 14.0. The van der Waals surface area contributed by atoms with Gasteiger partial charge in [-0.15, -0.1) is 0 Å². The Kier molecular flexibility index (Phi) is 5.49. The molecule has 29 heavy (non-hydrogen) atoms. The lowest BCUT2D eigenvalue weighted by molar-refractivity contribution is 0.0629. The molecule has 0 bridgehead atoms. The number of aromatic nitrogens is 1. The molecule has 0 radical (unpaired) electrons. The predicted molar refractivity (Wildman–Crippen MR) is 116 cm³/mol. The first-order valence-electron chi connectivity index (χ1n) is 9.98. The first kappa shape index (κ1) is 19.4. The largest absolute Gasteiger partial charge is 0.384 e. The number of carbonyl (C=O) groups excluding carboxylic acids is 1. The van der Waals surface area contributed by atoms with Crippen LogP contribution in [0.25, 0.3) is 10.9 Å². The maximum atomic E-state index is 13.1.